The molecule has 3 nitrogen and oxygen atoms in total. The molecule has 0 amide bonds. The molecular weight excluding hydrogens is 301 g/mol. The van der Waals surface area contributed by atoms with Gasteiger partial charge in [0.15, 0.2) is 0 Å². The molecule has 0 atom stereocenters. The van der Waals surface area contributed by atoms with Crippen LogP contribution in [0, 0.1) is 5.82 Å². The molecule has 0 fully saturated rings. The Kier molecular flexibility index (Phi) is 3.81. The van der Waals surface area contributed by atoms with E-state index in [1.54, 1.807) is 29.0 Å². The zero-order chi connectivity index (χ0) is 13.1. The smallest absolute Gasteiger partial charge is 0.352 e. The molecule has 18 heavy (non-hydrogen) atoms. The van der Waals surface area contributed by atoms with Crippen LogP contribution in [0.2, 0.25) is 0 Å². The number of carbonyl (C=O) groups is 1. The van der Waals surface area contributed by atoms with E-state index in [4.69, 9.17) is 5.11 Å². The summed E-state index contributed by atoms with van der Waals surface area (Å²) in [5, 5.41) is 9.02. The minimum Gasteiger partial charge on any atom is -0.477 e. The lowest BCUT2D eigenvalue weighted by Crippen LogP contribution is -2.09. The second kappa shape index (κ2) is 5.35. The fraction of sp³-hybridized carbons (Fsp3) is 0.154. The zero-order valence-electron chi connectivity index (χ0n) is 9.44. The van der Waals surface area contributed by atoms with Crippen LogP contribution in [0.5, 0.6) is 0 Å². The molecule has 1 heterocycles. The molecule has 0 bridgehead atoms. The summed E-state index contributed by atoms with van der Waals surface area (Å²) in [5.41, 5.74) is 0.775. The summed E-state index contributed by atoms with van der Waals surface area (Å²) in [5.74, 6) is -1.25. The molecule has 2 rings (SSSR count). The first kappa shape index (κ1) is 12.8. The summed E-state index contributed by atoms with van der Waals surface area (Å²) >= 11 is 3.23. The van der Waals surface area contributed by atoms with E-state index in [2.05, 4.69) is 15.9 Å². The van der Waals surface area contributed by atoms with Crippen molar-refractivity contribution < 1.29 is 14.3 Å². The molecule has 0 saturated heterocycles. The fourth-order valence-electron chi connectivity index (χ4n) is 1.78. The van der Waals surface area contributed by atoms with E-state index < -0.39 is 5.97 Å². The highest BCUT2D eigenvalue weighted by Crippen LogP contribution is 2.16. The lowest BCUT2D eigenvalue weighted by molar-refractivity contribution is 0.0685. The predicted octanol–water partition coefficient (Wildman–Crippen LogP) is 3.33. The standard InChI is InChI=1S/C13H11BrFNO2/c14-10-7-12(13(17)18)16(8-10)6-5-9-3-1-2-4-11(9)15/h1-4,7-8H,5-6H2,(H,17,18). The third-order valence-electron chi connectivity index (χ3n) is 2.66. The first-order chi connectivity index (χ1) is 8.58. The average molecular weight is 312 g/mol. The van der Waals surface area contributed by atoms with Gasteiger partial charge in [-0.25, -0.2) is 9.18 Å². The van der Waals surface area contributed by atoms with Crippen LogP contribution in [0.15, 0.2) is 41.0 Å². The van der Waals surface area contributed by atoms with Crippen LogP contribution in [-0.4, -0.2) is 15.6 Å². The number of carboxylic acids is 1. The Morgan fingerprint density at radius 1 is 1.39 bits per heavy atom. The highest BCUT2D eigenvalue weighted by molar-refractivity contribution is 9.10. The number of aryl methyl sites for hydroxylation is 2. The Balaban J connectivity index is 2.16. The van der Waals surface area contributed by atoms with Crippen LogP contribution >= 0.6 is 15.9 Å². The van der Waals surface area contributed by atoms with Gasteiger partial charge in [-0.05, 0) is 40.0 Å². The van der Waals surface area contributed by atoms with Crippen molar-refractivity contribution in [3.8, 4) is 0 Å². The summed E-state index contributed by atoms with van der Waals surface area (Å²) in [7, 11) is 0. The number of hydrogen-bond donors (Lipinski definition) is 1. The molecule has 0 spiro atoms. The van der Waals surface area contributed by atoms with Gasteiger partial charge in [-0.1, -0.05) is 18.2 Å². The van der Waals surface area contributed by atoms with Gasteiger partial charge in [0, 0.05) is 17.2 Å². The van der Waals surface area contributed by atoms with Gasteiger partial charge >= 0.3 is 5.97 Å². The number of nitrogens with zero attached hydrogens (tertiary/aromatic N) is 1. The second-order valence-corrected chi connectivity index (χ2v) is 4.80. The fourth-order valence-corrected chi connectivity index (χ4v) is 2.24. The summed E-state index contributed by atoms with van der Waals surface area (Å²) in [4.78, 5) is 11.0. The molecule has 5 heteroatoms. The van der Waals surface area contributed by atoms with Crippen molar-refractivity contribution in [2.75, 3.05) is 0 Å². The van der Waals surface area contributed by atoms with Gasteiger partial charge in [0.25, 0.3) is 0 Å². The van der Waals surface area contributed by atoms with E-state index in [1.165, 1.54) is 12.1 Å². The number of carboxylic acid groups (broad SMARTS) is 1. The molecule has 0 aliphatic heterocycles. The van der Waals surface area contributed by atoms with Crippen LogP contribution in [-0.2, 0) is 13.0 Å². The van der Waals surface area contributed by atoms with E-state index in [-0.39, 0.29) is 11.5 Å². The Labute approximate surface area is 112 Å². The average Bonchev–Trinajstić information content (AvgIpc) is 2.70. The van der Waals surface area contributed by atoms with E-state index in [0.717, 1.165) is 0 Å². The monoisotopic (exact) mass is 311 g/mol. The normalized spacial score (nSPS) is 10.6. The largest absolute Gasteiger partial charge is 0.477 e. The van der Waals surface area contributed by atoms with Crippen molar-refractivity contribution in [1.29, 1.82) is 0 Å². The second-order valence-electron chi connectivity index (χ2n) is 3.88. The van der Waals surface area contributed by atoms with Gasteiger partial charge in [0.05, 0.1) is 0 Å². The number of hydrogen-bond acceptors (Lipinski definition) is 1. The quantitative estimate of drug-likeness (QED) is 0.941. The number of aromatic carboxylic acids is 1. The van der Waals surface area contributed by atoms with Crippen molar-refractivity contribution in [2.24, 2.45) is 0 Å². The summed E-state index contributed by atoms with van der Waals surface area (Å²) in [6.07, 6.45) is 2.14. The molecule has 0 unspecified atom stereocenters. The minimum atomic E-state index is -0.991. The molecular formula is C13H11BrFNO2. The van der Waals surface area contributed by atoms with Gasteiger partial charge in [-0.15, -0.1) is 0 Å². The molecule has 1 aromatic carbocycles. The Bertz CT molecular complexity index is 580. The van der Waals surface area contributed by atoms with Crippen molar-refractivity contribution in [3.63, 3.8) is 0 Å². The number of aromatic nitrogens is 1. The van der Waals surface area contributed by atoms with E-state index in [9.17, 15) is 9.18 Å². The van der Waals surface area contributed by atoms with Gasteiger partial charge in [-0.2, -0.15) is 0 Å². The topological polar surface area (TPSA) is 42.2 Å². The van der Waals surface area contributed by atoms with Crippen LogP contribution in [0.1, 0.15) is 16.1 Å². The Morgan fingerprint density at radius 2 is 2.11 bits per heavy atom. The van der Waals surface area contributed by atoms with Crippen molar-refractivity contribution >= 4 is 21.9 Å². The van der Waals surface area contributed by atoms with Gasteiger partial charge < -0.3 is 9.67 Å². The van der Waals surface area contributed by atoms with Crippen LogP contribution in [0.4, 0.5) is 4.39 Å². The lowest BCUT2D eigenvalue weighted by atomic mass is 10.1. The molecule has 0 aliphatic carbocycles. The van der Waals surface area contributed by atoms with E-state index >= 15 is 0 Å². The first-order valence-corrected chi connectivity index (χ1v) is 6.19. The molecule has 1 aromatic heterocycles. The maximum atomic E-state index is 13.4. The highest BCUT2D eigenvalue weighted by Gasteiger charge is 2.11. The summed E-state index contributed by atoms with van der Waals surface area (Å²) in [6.45, 7) is 0.425. The maximum absolute atomic E-state index is 13.4. The van der Waals surface area contributed by atoms with Gasteiger partial charge in [-0.3, -0.25) is 0 Å². The number of halogens is 2. The van der Waals surface area contributed by atoms with Gasteiger partial charge in [0.2, 0.25) is 0 Å². The first-order valence-electron chi connectivity index (χ1n) is 5.40. The van der Waals surface area contributed by atoms with Gasteiger partial charge in [0.1, 0.15) is 11.5 Å². The molecule has 0 radical (unpaired) electrons. The molecule has 2 aromatic rings. The predicted molar refractivity (Wildman–Crippen MR) is 69.2 cm³/mol. The molecule has 1 N–H and O–H groups in total. The highest BCUT2D eigenvalue weighted by atomic mass is 79.9. The number of rotatable bonds is 4. The zero-order valence-corrected chi connectivity index (χ0v) is 11.0. The van der Waals surface area contributed by atoms with Crippen molar-refractivity contribution in [1.82, 2.24) is 4.57 Å². The van der Waals surface area contributed by atoms with E-state index in [0.29, 0.717) is 23.0 Å². The van der Waals surface area contributed by atoms with Crippen LogP contribution in [0.3, 0.4) is 0 Å². The SMILES string of the molecule is O=C(O)c1cc(Br)cn1CCc1ccccc1F. The Hall–Kier alpha value is -1.62. The summed E-state index contributed by atoms with van der Waals surface area (Å²) in [6, 6.07) is 8.03. The number of benzene rings is 1. The van der Waals surface area contributed by atoms with Crippen molar-refractivity contribution in [2.45, 2.75) is 13.0 Å². The van der Waals surface area contributed by atoms with E-state index in [1.807, 2.05) is 0 Å². The molecule has 0 saturated carbocycles. The Morgan fingerprint density at radius 3 is 2.78 bits per heavy atom. The minimum absolute atomic E-state index is 0.193. The van der Waals surface area contributed by atoms with Crippen LogP contribution < -0.4 is 0 Å². The maximum Gasteiger partial charge on any atom is 0.352 e. The molecule has 0 aliphatic rings. The summed E-state index contributed by atoms with van der Waals surface area (Å²) < 4.78 is 15.7. The van der Waals surface area contributed by atoms with Crippen molar-refractivity contribution in [3.05, 3.63) is 58.1 Å². The third-order valence-corrected chi connectivity index (χ3v) is 3.10. The third kappa shape index (κ3) is 2.79. The van der Waals surface area contributed by atoms with Crippen LogP contribution in [0.25, 0.3) is 0 Å². The molecule has 94 valence electrons. The lowest BCUT2D eigenvalue weighted by Gasteiger charge is -2.06.